The lowest BCUT2D eigenvalue weighted by Crippen LogP contribution is -2.56. The molecule has 1 amide bonds. The number of rotatable bonds is 3. The highest BCUT2D eigenvalue weighted by atomic mass is 35.5. The predicted molar refractivity (Wildman–Crippen MR) is 78.6 cm³/mol. The van der Waals surface area contributed by atoms with Gasteiger partial charge in [-0.2, -0.15) is 0 Å². The van der Waals surface area contributed by atoms with Crippen LogP contribution in [0.3, 0.4) is 0 Å². The van der Waals surface area contributed by atoms with Crippen LogP contribution in [0.2, 0.25) is 0 Å². The summed E-state index contributed by atoms with van der Waals surface area (Å²) in [5, 5.41) is 2.97. The molecule has 110 valence electrons. The molecule has 0 aromatic carbocycles. The molecule has 3 aliphatic rings. The maximum atomic E-state index is 12.0. The largest absolute Gasteiger partial charge is 0.341 e. The van der Waals surface area contributed by atoms with Gasteiger partial charge in [0.1, 0.15) is 0 Å². The van der Waals surface area contributed by atoms with E-state index < -0.39 is 0 Å². The summed E-state index contributed by atoms with van der Waals surface area (Å²) in [6.45, 7) is 3.75. The van der Waals surface area contributed by atoms with Crippen molar-refractivity contribution in [2.24, 2.45) is 5.92 Å². The van der Waals surface area contributed by atoms with Gasteiger partial charge < -0.3 is 10.2 Å². The molecule has 19 heavy (non-hydrogen) atoms. The molecule has 3 fully saturated rings. The second kappa shape index (κ2) is 6.42. The Hall–Kier alpha value is -0.320. The summed E-state index contributed by atoms with van der Waals surface area (Å²) in [4.78, 5) is 16.8. The number of hydrogen-bond donors (Lipinski definition) is 1. The number of piperidine rings is 2. The van der Waals surface area contributed by atoms with Crippen LogP contribution in [0.1, 0.15) is 32.1 Å². The van der Waals surface area contributed by atoms with E-state index in [2.05, 4.69) is 15.1 Å². The molecule has 0 aromatic heterocycles. The Bertz CT molecular complexity index is 322. The molecular formula is C14H26ClN3O. The lowest BCUT2D eigenvalue weighted by Gasteiger charge is -2.47. The number of nitrogens with one attached hydrogen (secondary N) is 1. The molecule has 0 aromatic rings. The Morgan fingerprint density at radius 1 is 1.21 bits per heavy atom. The normalized spacial score (nSPS) is 31.5. The summed E-state index contributed by atoms with van der Waals surface area (Å²) < 4.78 is 0. The lowest BCUT2D eigenvalue weighted by molar-refractivity contribution is -0.133. The van der Waals surface area contributed by atoms with Crippen LogP contribution in [0.4, 0.5) is 0 Å². The Labute approximate surface area is 122 Å². The molecule has 0 radical (unpaired) electrons. The molecule has 4 nitrogen and oxygen atoms in total. The standard InChI is InChI=1S/C14H25N3O.ClH/c1-15-9-14(18)16-8-6-13-11(10-16)3-2-7-17(13)12-4-5-12;/h11-13,15H,2-10H2,1H3;1H. The zero-order valence-corrected chi connectivity index (χ0v) is 12.6. The van der Waals surface area contributed by atoms with Gasteiger partial charge in [-0.1, -0.05) is 0 Å². The van der Waals surface area contributed by atoms with Crippen LogP contribution in [-0.2, 0) is 4.79 Å². The first-order chi connectivity index (χ1) is 8.79. The smallest absolute Gasteiger partial charge is 0.236 e. The van der Waals surface area contributed by atoms with Crippen molar-refractivity contribution in [1.29, 1.82) is 0 Å². The summed E-state index contributed by atoms with van der Waals surface area (Å²) in [6, 6.07) is 1.65. The fourth-order valence-corrected chi connectivity index (χ4v) is 3.79. The summed E-state index contributed by atoms with van der Waals surface area (Å²) in [5.41, 5.74) is 0. The van der Waals surface area contributed by atoms with Gasteiger partial charge in [-0.25, -0.2) is 0 Å². The van der Waals surface area contributed by atoms with Crippen molar-refractivity contribution in [2.45, 2.75) is 44.2 Å². The van der Waals surface area contributed by atoms with E-state index in [1.54, 1.807) is 0 Å². The molecule has 2 saturated heterocycles. The first-order valence-electron chi connectivity index (χ1n) is 7.47. The maximum Gasteiger partial charge on any atom is 0.236 e. The molecule has 2 aliphatic heterocycles. The maximum absolute atomic E-state index is 12.0. The minimum Gasteiger partial charge on any atom is -0.341 e. The fraction of sp³-hybridized carbons (Fsp3) is 0.929. The number of carbonyl (C=O) groups excluding carboxylic acids is 1. The molecule has 3 rings (SSSR count). The van der Waals surface area contributed by atoms with Crippen molar-refractivity contribution < 1.29 is 4.79 Å². The van der Waals surface area contributed by atoms with Crippen molar-refractivity contribution in [1.82, 2.24) is 15.1 Å². The average molecular weight is 288 g/mol. The van der Waals surface area contributed by atoms with E-state index in [1.165, 1.54) is 38.6 Å². The number of likely N-dealkylation sites (tertiary alicyclic amines) is 2. The van der Waals surface area contributed by atoms with Crippen LogP contribution in [0.15, 0.2) is 0 Å². The first kappa shape index (κ1) is 15.1. The van der Waals surface area contributed by atoms with E-state index in [9.17, 15) is 4.79 Å². The molecule has 0 bridgehead atoms. The fourth-order valence-electron chi connectivity index (χ4n) is 3.79. The Balaban J connectivity index is 0.00000133. The average Bonchev–Trinajstić information content (AvgIpc) is 3.22. The molecule has 0 spiro atoms. The van der Waals surface area contributed by atoms with Gasteiger partial charge in [0, 0.05) is 25.2 Å². The third kappa shape index (κ3) is 3.23. The minimum absolute atomic E-state index is 0. The lowest BCUT2D eigenvalue weighted by atomic mass is 9.83. The van der Waals surface area contributed by atoms with Gasteiger partial charge in [0.05, 0.1) is 6.54 Å². The molecule has 2 atom stereocenters. The van der Waals surface area contributed by atoms with Crippen LogP contribution in [0, 0.1) is 5.92 Å². The second-order valence-electron chi connectivity index (χ2n) is 6.10. The van der Waals surface area contributed by atoms with E-state index in [1.807, 2.05) is 7.05 Å². The number of halogens is 1. The van der Waals surface area contributed by atoms with Crippen LogP contribution < -0.4 is 5.32 Å². The Morgan fingerprint density at radius 2 is 2.00 bits per heavy atom. The molecular weight excluding hydrogens is 262 g/mol. The number of hydrogen-bond acceptors (Lipinski definition) is 3. The first-order valence-corrected chi connectivity index (χ1v) is 7.47. The Kier molecular flexibility index (Phi) is 5.09. The van der Waals surface area contributed by atoms with Gasteiger partial charge in [0.25, 0.3) is 0 Å². The van der Waals surface area contributed by atoms with Crippen molar-refractivity contribution in [3.8, 4) is 0 Å². The van der Waals surface area contributed by atoms with Gasteiger partial charge >= 0.3 is 0 Å². The van der Waals surface area contributed by atoms with E-state index in [0.717, 1.165) is 31.1 Å². The van der Waals surface area contributed by atoms with E-state index in [4.69, 9.17) is 0 Å². The summed E-state index contributed by atoms with van der Waals surface area (Å²) in [7, 11) is 1.85. The summed E-state index contributed by atoms with van der Waals surface area (Å²) in [5.74, 6) is 1.01. The number of likely N-dealkylation sites (N-methyl/N-ethyl adjacent to an activating group) is 1. The van der Waals surface area contributed by atoms with Crippen LogP contribution in [-0.4, -0.2) is 61.0 Å². The van der Waals surface area contributed by atoms with E-state index in [-0.39, 0.29) is 18.3 Å². The molecule has 2 unspecified atom stereocenters. The number of carbonyl (C=O) groups is 1. The van der Waals surface area contributed by atoms with Crippen LogP contribution in [0.25, 0.3) is 0 Å². The van der Waals surface area contributed by atoms with Gasteiger partial charge in [0.15, 0.2) is 0 Å². The molecule has 1 saturated carbocycles. The topological polar surface area (TPSA) is 35.6 Å². The van der Waals surface area contributed by atoms with Gasteiger partial charge in [-0.3, -0.25) is 9.69 Å². The van der Waals surface area contributed by atoms with Gasteiger partial charge in [0.2, 0.25) is 5.91 Å². The van der Waals surface area contributed by atoms with Gasteiger partial charge in [-0.05, 0) is 51.6 Å². The zero-order valence-electron chi connectivity index (χ0n) is 11.8. The predicted octanol–water partition coefficient (Wildman–Crippen LogP) is 1.10. The molecule has 5 heteroatoms. The van der Waals surface area contributed by atoms with Crippen molar-refractivity contribution >= 4 is 18.3 Å². The third-order valence-corrected chi connectivity index (χ3v) is 4.81. The molecule has 1 aliphatic carbocycles. The summed E-state index contributed by atoms with van der Waals surface area (Å²) >= 11 is 0. The van der Waals surface area contributed by atoms with Crippen molar-refractivity contribution in [3.63, 3.8) is 0 Å². The molecule has 1 N–H and O–H groups in total. The quantitative estimate of drug-likeness (QED) is 0.844. The number of nitrogens with zero attached hydrogens (tertiary/aromatic N) is 2. The monoisotopic (exact) mass is 287 g/mol. The zero-order chi connectivity index (χ0) is 12.5. The van der Waals surface area contributed by atoms with Crippen molar-refractivity contribution in [2.75, 3.05) is 33.2 Å². The number of amides is 1. The highest BCUT2D eigenvalue weighted by Crippen LogP contribution is 2.38. The molecule has 2 heterocycles. The van der Waals surface area contributed by atoms with Crippen LogP contribution >= 0.6 is 12.4 Å². The summed E-state index contributed by atoms with van der Waals surface area (Å²) in [6.07, 6.45) is 6.65. The number of fused-ring (bicyclic) bond motifs is 1. The third-order valence-electron chi connectivity index (χ3n) is 4.81. The van der Waals surface area contributed by atoms with Crippen molar-refractivity contribution in [3.05, 3.63) is 0 Å². The Morgan fingerprint density at radius 3 is 2.68 bits per heavy atom. The minimum atomic E-state index is 0. The second-order valence-corrected chi connectivity index (χ2v) is 6.10. The van der Waals surface area contributed by atoms with E-state index in [0.29, 0.717) is 6.54 Å². The SMILES string of the molecule is CNCC(=O)N1CCC2C(CCCN2C2CC2)C1.Cl. The van der Waals surface area contributed by atoms with Gasteiger partial charge in [-0.15, -0.1) is 12.4 Å². The van der Waals surface area contributed by atoms with E-state index >= 15 is 0 Å². The highest BCUT2D eigenvalue weighted by Gasteiger charge is 2.42. The highest BCUT2D eigenvalue weighted by molar-refractivity contribution is 5.85. The van der Waals surface area contributed by atoms with Crippen LogP contribution in [0.5, 0.6) is 0 Å².